The third-order valence-corrected chi connectivity index (χ3v) is 0.577. The van der Waals surface area contributed by atoms with Crippen LogP contribution in [0.25, 0.3) is 0 Å². The van der Waals surface area contributed by atoms with Crippen LogP contribution in [0.2, 0.25) is 0 Å². The monoisotopic (exact) mass is 140 g/mol. The standard InChI is InChI=1S/C4H11NO2.CH4.FH/c6-3-1-5-2-4-7;;/h5-7H,1-4H2;1H4;1H/p-1. The zero-order chi connectivity index (χ0) is 5.54. The second-order valence-corrected chi connectivity index (χ2v) is 1.20. The molecule has 4 heteroatoms. The Kier molecular flexibility index (Phi) is 27.7. The van der Waals surface area contributed by atoms with Crippen LogP contribution < -0.4 is 10.0 Å². The summed E-state index contributed by atoms with van der Waals surface area (Å²) >= 11 is 0. The van der Waals surface area contributed by atoms with Crippen LogP contribution in [0.3, 0.4) is 0 Å². The van der Waals surface area contributed by atoms with Crippen molar-refractivity contribution in [3.8, 4) is 0 Å². The number of halogens is 1. The van der Waals surface area contributed by atoms with Crippen LogP contribution in [0.4, 0.5) is 0 Å². The van der Waals surface area contributed by atoms with Crippen LogP contribution in [0, 0.1) is 0 Å². The van der Waals surface area contributed by atoms with Crippen LogP contribution in [0.15, 0.2) is 0 Å². The molecule has 0 aliphatic rings. The van der Waals surface area contributed by atoms with Crippen molar-refractivity contribution in [2.24, 2.45) is 0 Å². The summed E-state index contributed by atoms with van der Waals surface area (Å²) in [6.07, 6.45) is 0. The lowest BCUT2D eigenvalue weighted by atomic mass is 10.6. The molecule has 0 amide bonds. The molecule has 3 nitrogen and oxygen atoms in total. The van der Waals surface area contributed by atoms with Crippen molar-refractivity contribution in [2.45, 2.75) is 7.43 Å². The van der Waals surface area contributed by atoms with E-state index < -0.39 is 0 Å². The lowest BCUT2D eigenvalue weighted by Crippen LogP contribution is -3.00. The van der Waals surface area contributed by atoms with E-state index in [1.807, 2.05) is 0 Å². The van der Waals surface area contributed by atoms with Crippen molar-refractivity contribution in [3.63, 3.8) is 0 Å². The van der Waals surface area contributed by atoms with E-state index in [0.29, 0.717) is 13.1 Å². The molecule has 60 valence electrons. The maximum atomic E-state index is 8.15. The average molecular weight is 140 g/mol. The fourth-order valence-corrected chi connectivity index (χ4v) is 0.283. The van der Waals surface area contributed by atoms with E-state index in [1.165, 1.54) is 0 Å². The normalized spacial score (nSPS) is 7.33. The summed E-state index contributed by atoms with van der Waals surface area (Å²) in [4.78, 5) is 0. The minimum absolute atomic E-state index is 0. The lowest BCUT2D eigenvalue weighted by Gasteiger charge is -1.94. The molecule has 0 aliphatic heterocycles. The minimum atomic E-state index is 0. The fraction of sp³-hybridized carbons (Fsp3) is 1.00. The van der Waals surface area contributed by atoms with Gasteiger partial charge in [-0.25, -0.2) is 0 Å². The smallest absolute Gasteiger partial charge is 0.0555 e. The summed E-state index contributed by atoms with van der Waals surface area (Å²) in [7, 11) is 0. The van der Waals surface area contributed by atoms with Crippen molar-refractivity contribution >= 4 is 0 Å². The summed E-state index contributed by atoms with van der Waals surface area (Å²) in [5.41, 5.74) is 0. The summed E-state index contributed by atoms with van der Waals surface area (Å²) in [5.74, 6) is 0. The van der Waals surface area contributed by atoms with Crippen LogP contribution in [-0.4, -0.2) is 36.5 Å². The third-order valence-electron chi connectivity index (χ3n) is 0.577. The van der Waals surface area contributed by atoms with E-state index in [9.17, 15) is 0 Å². The third kappa shape index (κ3) is 18.2. The van der Waals surface area contributed by atoms with E-state index >= 15 is 0 Å². The number of hydrogen-bond acceptors (Lipinski definition) is 3. The maximum absolute atomic E-state index is 8.15. The van der Waals surface area contributed by atoms with Crippen molar-refractivity contribution in [1.82, 2.24) is 5.32 Å². The minimum Gasteiger partial charge on any atom is -1.00 e. The summed E-state index contributed by atoms with van der Waals surface area (Å²) in [5, 5.41) is 19.1. The van der Waals surface area contributed by atoms with Gasteiger partial charge in [0, 0.05) is 13.1 Å². The molecule has 0 saturated heterocycles. The van der Waals surface area contributed by atoms with E-state index in [0.717, 1.165) is 0 Å². The quantitative estimate of drug-likeness (QED) is 0.351. The van der Waals surface area contributed by atoms with Gasteiger partial charge < -0.3 is 20.2 Å². The Labute approximate surface area is 55.1 Å². The van der Waals surface area contributed by atoms with Crippen molar-refractivity contribution in [2.75, 3.05) is 26.3 Å². The molecular weight excluding hydrogens is 125 g/mol. The second-order valence-electron chi connectivity index (χ2n) is 1.20. The molecule has 0 bridgehead atoms. The highest BCUT2D eigenvalue weighted by Gasteiger charge is 1.78. The lowest BCUT2D eigenvalue weighted by molar-refractivity contribution is -0.00000411. The van der Waals surface area contributed by atoms with Crippen molar-refractivity contribution in [1.29, 1.82) is 0 Å². The van der Waals surface area contributed by atoms with Crippen LogP contribution in [-0.2, 0) is 0 Å². The Morgan fingerprint density at radius 1 is 1.00 bits per heavy atom. The van der Waals surface area contributed by atoms with Gasteiger partial charge in [0.25, 0.3) is 0 Å². The molecule has 0 atom stereocenters. The zero-order valence-electron chi connectivity index (χ0n) is 4.60. The number of aliphatic hydroxyl groups is 2. The first-order valence-electron chi connectivity index (χ1n) is 2.34. The first kappa shape index (κ1) is 15.9. The molecule has 0 unspecified atom stereocenters. The molecule has 0 aliphatic carbocycles. The topological polar surface area (TPSA) is 52.5 Å². The molecule has 9 heavy (non-hydrogen) atoms. The van der Waals surface area contributed by atoms with Gasteiger partial charge in [0.05, 0.1) is 13.2 Å². The van der Waals surface area contributed by atoms with Gasteiger partial charge in [-0.2, -0.15) is 0 Å². The summed E-state index contributed by atoms with van der Waals surface area (Å²) in [6, 6.07) is 0. The Balaban J connectivity index is -0.000000180. The Morgan fingerprint density at radius 2 is 1.33 bits per heavy atom. The van der Waals surface area contributed by atoms with Gasteiger partial charge in [0.15, 0.2) is 0 Å². The number of aliphatic hydroxyl groups excluding tert-OH is 2. The highest BCUT2D eigenvalue weighted by Crippen LogP contribution is 1.54. The van der Waals surface area contributed by atoms with Gasteiger partial charge in [-0.15, -0.1) is 0 Å². The van der Waals surface area contributed by atoms with E-state index in [-0.39, 0.29) is 25.3 Å². The van der Waals surface area contributed by atoms with Gasteiger partial charge in [-0.1, -0.05) is 7.43 Å². The van der Waals surface area contributed by atoms with Crippen molar-refractivity contribution in [3.05, 3.63) is 0 Å². The number of nitrogens with one attached hydrogen (secondary N) is 1. The molecule has 0 fully saturated rings. The molecule has 0 aromatic carbocycles. The first-order chi connectivity index (χ1) is 3.41. The summed E-state index contributed by atoms with van der Waals surface area (Å²) in [6.45, 7) is 1.42. The van der Waals surface area contributed by atoms with Gasteiger partial charge in [-0.3, -0.25) is 0 Å². The molecule has 0 spiro atoms. The van der Waals surface area contributed by atoms with E-state index in [1.54, 1.807) is 0 Å². The zero-order valence-corrected chi connectivity index (χ0v) is 4.60. The number of rotatable bonds is 4. The SMILES string of the molecule is C.OCCNCCO.[F-]. The van der Waals surface area contributed by atoms with Crippen LogP contribution in [0.5, 0.6) is 0 Å². The molecule has 0 radical (unpaired) electrons. The predicted octanol–water partition coefficient (Wildman–Crippen LogP) is -3.80. The Morgan fingerprint density at radius 3 is 1.56 bits per heavy atom. The Bertz CT molecular complexity index is 34.1. The van der Waals surface area contributed by atoms with Gasteiger partial charge in [0.2, 0.25) is 0 Å². The predicted molar refractivity (Wildman–Crippen MR) is 33.8 cm³/mol. The second kappa shape index (κ2) is 15.7. The Hall–Kier alpha value is -0.190. The van der Waals surface area contributed by atoms with Crippen molar-refractivity contribution < 1.29 is 14.9 Å². The highest BCUT2D eigenvalue weighted by molar-refractivity contribution is 4.39. The summed E-state index contributed by atoms with van der Waals surface area (Å²) < 4.78 is 0. The van der Waals surface area contributed by atoms with Crippen LogP contribution >= 0.6 is 0 Å². The molecule has 0 heterocycles. The van der Waals surface area contributed by atoms with Gasteiger partial charge in [-0.05, 0) is 0 Å². The van der Waals surface area contributed by atoms with E-state index in [4.69, 9.17) is 10.2 Å². The molecular formula is C5H15FNO2-. The first-order valence-corrected chi connectivity index (χ1v) is 2.34. The van der Waals surface area contributed by atoms with E-state index in [2.05, 4.69) is 5.32 Å². The molecule has 0 aromatic heterocycles. The molecule has 0 aromatic rings. The van der Waals surface area contributed by atoms with Gasteiger partial charge >= 0.3 is 0 Å². The maximum Gasteiger partial charge on any atom is 0.0555 e. The van der Waals surface area contributed by atoms with Crippen LogP contribution in [0.1, 0.15) is 7.43 Å². The largest absolute Gasteiger partial charge is 1.00 e. The average Bonchev–Trinajstić information content (AvgIpc) is 1.69. The molecule has 3 N–H and O–H groups in total. The fourth-order valence-electron chi connectivity index (χ4n) is 0.283. The number of hydrogen-bond donors (Lipinski definition) is 3. The van der Waals surface area contributed by atoms with Gasteiger partial charge in [0.1, 0.15) is 0 Å². The molecule has 0 rings (SSSR count). The highest BCUT2D eigenvalue weighted by atomic mass is 19.0. The molecule has 0 saturated carbocycles.